The van der Waals surface area contributed by atoms with Crippen LogP contribution in [0, 0.1) is 11.3 Å². The third-order valence-electron chi connectivity index (χ3n) is 4.82. The Hall–Kier alpha value is -1.58. The highest BCUT2D eigenvalue weighted by atomic mass is 15.2. The predicted octanol–water partition coefficient (Wildman–Crippen LogP) is 2.97. The van der Waals surface area contributed by atoms with Crippen LogP contribution < -0.4 is 4.90 Å². The molecule has 4 nitrogen and oxygen atoms in total. The molecule has 1 spiro atoms. The summed E-state index contributed by atoms with van der Waals surface area (Å²) >= 11 is 0. The first-order chi connectivity index (χ1) is 9.26. The van der Waals surface area contributed by atoms with Gasteiger partial charge in [-0.05, 0) is 43.1 Å². The number of hydrogen-bond acceptors (Lipinski definition) is 3. The van der Waals surface area contributed by atoms with Crippen LogP contribution in [-0.4, -0.2) is 28.0 Å². The molecular formula is C15H20N4. The van der Waals surface area contributed by atoms with Gasteiger partial charge in [-0.3, -0.25) is 0 Å². The first-order valence-corrected chi connectivity index (χ1v) is 7.29. The van der Waals surface area contributed by atoms with Crippen LogP contribution in [0.4, 0.5) is 5.82 Å². The average Bonchev–Trinajstić information content (AvgIpc) is 3.05. The molecule has 100 valence electrons. The van der Waals surface area contributed by atoms with Crippen molar-refractivity contribution in [2.45, 2.75) is 32.6 Å². The van der Waals surface area contributed by atoms with Gasteiger partial charge in [-0.25, -0.2) is 9.97 Å². The Kier molecular flexibility index (Phi) is 2.34. The molecule has 0 aromatic carbocycles. The summed E-state index contributed by atoms with van der Waals surface area (Å²) in [6.45, 7) is 4.66. The largest absolute Gasteiger partial charge is 0.355 e. The first kappa shape index (κ1) is 11.3. The molecule has 1 saturated heterocycles. The molecule has 1 aliphatic heterocycles. The topological polar surface area (TPSA) is 44.8 Å². The molecule has 4 heteroatoms. The number of aromatic amines is 1. The summed E-state index contributed by atoms with van der Waals surface area (Å²) in [5.74, 6) is 1.87. The van der Waals surface area contributed by atoms with Crippen LogP contribution in [0.25, 0.3) is 11.0 Å². The zero-order valence-electron chi connectivity index (χ0n) is 11.4. The maximum Gasteiger partial charge on any atom is 0.142 e. The predicted molar refractivity (Wildman–Crippen MR) is 76.2 cm³/mol. The molecule has 0 radical (unpaired) electrons. The minimum atomic E-state index is 0.596. The van der Waals surface area contributed by atoms with E-state index in [1.165, 1.54) is 32.2 Å². The zero-order chi connectivity index (χ0) is 12.9. The normalized spacial score (nSPS) is 25.7. The van der Waals surface area contributed by atoms with E-state index in [1.54, 1.807) is 6.33 Å². The summed E-state index contributed by atoms with van der Waals surface area (Å²) in [6.07, 6.45) is 9.19. The molecule has 2 aromatic rings. The van der Waals surface area contributed by atoms with E-state index < -0.39 is 0 Å². The fourth-order valence-electron chi connectivity index (χ4n) is 3.43. The van der Waals surface area contributed by atoms with Gasteiger partial charge in [-0.15, -0.1) is 0 Å². The molecule has 1 atom stereocenters. The molecule has 0 bridgehead atoms. The highest BCUT2D eigenvalue weighted by Crippen LogP contribution is 2.52. The molecule has 2 aliphatic rings. The Morgan fingerprint density at radius 3 is 3.05 bits per heavy atom. The SMILES string of the molecule is CC1CCC2(CC2)CN(c2ncnc3[nH]ccc23)C1. The third kappa shape index (κ3) is 1.90. The number of aromatic nitrogens is 3. The molecule has 1 saturated carbocycles. The number of rotatable bonds is 1. The van der Waals surface area contributed by atoms with Crippen LogP contribution in [-0.2, 0) is 0 Å². The second-order valence-corrected chi connectivity index (χ2v) is 6.46. The summed E-state index contributed by atoms with van der Waals surface area (Å²) in [6, 6.07) is 2.10. The van der Waals surface area contributed by atoms with Gasteiger partial charge in [0.05, 0.1) is 5.39 Å². The minimum absolute atomic E-state index is 0.596. The van der Waals surface area contributed by atoms with E-state index in [4.69, 9.17) is 0 Å². The highest BCUT2D eigenvalue weighted by molar-refractivity contribution is 5.87. The van der Waals surface area contributed by atoms with Gasteiger partial charge in [0.1, 0.15) is 17.8 Å². The molecule has 1 unspecified atom stereocenters. The standard InChI is InChI=1S/C15H20N4/c1-11-2-4-15(5-6-15)9-19(8-11)14-12-3-7-16-13(12)17-10-18-14/h3,7,10-11H,2,4-6,8-9H2,1H3,(H,16,17,18). The Bertz CT molecular complexity index is 599. The van der Waals surface area contributed by atoms with Gasteiger partial charge in [0.25, 0.3) is 0 Å². The van der Waals surface area contributed by atoms with Crippen molar-refractivity contribution >= 4 is 16.9 Å². The van der Waals surface area contributed by atoms with Crippen molar-refractivity contribution in [3.63, 3.8) is 0 Å². The van der Waals surface area contributed by atoms with Crippen molar-refractivity contribution in [2.24, 2.45) is 11.3 Å². The monoisotopic (exact) mass is 256 g/mol. The number of H-pyrrole nitrogens is 1. The van der Waals surface area contributed by atoms with Crippen molar-refractivity contribution in [3.8, 4) is 0 Å². The summed E-state index contributed by atoms with van der Waals surface area (Å²) in [5.41, 5.74) is 1.55. The van der Waals surface area contributed by atoms with Gasteiger partial charge in [0.15, 0.2) is 0 Å². The van der Waals surface area contributed by atoms with Gasteiger partial charge in [0, 0.05) is 19.3 Å². The van der Waals surface area contributed by atoms with E-state index in [9.17, 15) is 0 Å². The maximum atomic E-state index is 4.57. The van der Waals surface area contributed by atoms with Crippen LogP contribution in [0.2, 0.25) is 0 Å². The van der Waals surface area contributed by atoms with Crippen molar-refractivity contribution in [1.82, 2.24) is 15.0 Å². The van der Waals surface area contributed by atoms with Gasteiger partial charge < -0.3 is 9.88 Å². The van der Waals surface area contributed by atoms with Crippen molar-refractivity contribution in [1.29, 1.82) is 0 Å². The molecule has 1 aliphatic carbocycles. The lowest BCUT2D eigenvalue weighted by Gasteiger charge is -2.26. The average molecular weight is 256 g/mol. The van der Waals surface area contributed by atoms with Gasteiger partial charge in [0.2, 0.25) is 0 Å². The highest BCUT2D eigenvalue weighted by Gasteiger charge is 2.45. The number of fused-ring (bicyclic) bond motifs is 1. The molecular weight excluding hydrogens is 236 g/mol. The molecule has 19 heavy (non-hydrogen) atoms. The van der Waals surface area contributed by atoms with E-state index in [0.29, 0.717) is 5.41 Å². The van der Waals surface area contributed by atoms with Gasteiger partial charge in [-0.2, -0.15) is 0 Å². The summed E-state index contributed by atoms with van der Waals surface area (Å²) in [7, 11) is 0. The molecule has 2 aromatic heterocycles. The molecule has 2 fully saturated rings. The quantitative estimate of drug-likeness (QED) is 0.853. The molecule has 3 heterocycles. The van der Waals surface area contributed by atoms with Crippen LogP contribution in [0.15, 0.2) is 18.6 Å². The van der Waals surface area contributed by atoms with Crippen molar-refractivity contribution in [3.05, 3.63) is 18.6 Å². The molecule has 0 amide bonds. The Balaban J connectivity index is 1.75. The van der Waals surface area contributed by atoms with E-state index in [2.05, 4.69) is 32.8 Å². The third-order valence-corrected chi connectivity index (χ3v) is 4.82. The number of nitrogens with one attached hydrogen (secondary N) is 1. The molecule has 4 rings (SSSR count). The van der Waals surface area contributed by atoms with Crippen LogP contribution in [0.5, 0.6) is 0 Å². The number of nitrogens with zero attached hydrogens (tertiary/aromatic N) is 3. The second kappa shape index (κ2) is 3.95. The van der Waals surface area contributed by atoms with Crippen LogP contribution >= 0.6 is 0 Å². The van der Waals surface area contributed by atoms with E-state index >= 15 is 0 Å². The lowest BCUT2D eigenvalue weighted by molar-refractivity contribution is 0.454. The molecule has 1 N–H and O–H groups in total. The zero-order valence-corrected chi connectivity index (χ0v) is 11.4. The second-order valence-electron chi connectivity index (χ2n) is 6.46. The summed E-state index contributed by atoms with van der Waals surface area (Å²) in [4.78, 5) is 14.6. The van der Waals surface area contributed by atoms with Crippen molar-refractivity contribution < 1.29 is 0 Å². The lowest BCUT2D eigenvalue weighted by Crippen LogP contribution is -2.31. The minimum Gasteiger partial charge on any atom is -0.355 e. The number of hydrogen-bond donors (Lipinski definition) is 1. The summed E-state index contributed by atoms with van der Waals surface area (Å²) in [5, 5.41) is 1.16. The maximum absolute atomic E-state index is 4.57. The van der Waals surface area contributed by atoms with E-state index in [-0.39, 0.29) is 0 Å². The Labute approximate surface area is 113 Å². The van der Waals surface area contributed by atoms with Gasteiger partial charge >= 0.3 is 0 Å². The van der Waals surface area contributed by atoms with E-state index in [0.717, 1.165) is 29.3 Å². The fraction of sp³-hybridized carbons (Fsp3) is 0.600. The number of anilines is 1. The van der Waals surface area contributed by atoms with Gasteiger partial charge in [-0.1, -0.05) is 6.92 Å². The van der Waals surface area contributed by atoms with E-state index in [1.807, 2.05) is 6.20 Å². The van der Waals surface area contributed by atoms with Crippen LogP contribution in [0.1, 0.15) is 32.6 Å². The summed E-state index contributed by atoms with van der Waals surface area (Å²) < 4.78 is 0. The Morgan fingerprint density at radius 1 is 1.32 bits per heavy atom. The lowest BCUT2D eigenvalue weighted by atomic mass is 9.97. The first-order valence-electron chi connectivity index (χ1n) is 7.29. The van der Waals surface area contributed by atoms with Crippen LogP contribution in [0.3, 0.4) is 0 Å². The smallest absolute Gasteiger partial charge is 0.142 e. The van der Waals surface area contributed by atoms with Crippen molar-refractivity contribution in [2.75, 3.05) is 18.0 Å². The Morgan fingerprint density at radius 2 is 2.21 bits per heavy atom. The fourth-order valence-corrected chi connectivity index (χ4v) is 3.43.